The van der Waals surface area contributed by atoms with Gasteiger partial charge >= 0.3 is 0 Å². The van der Waals surface area contributed by atoms with Gasteiger partial charge in [0, 0.05) is 11.3 Å². The molecule has 1 aromatic rings. The largest absolute Gasteiger partial charge is 0.246 e. The average Bonchev–Trinajstić information content (AvgIpc) is 2.30. The van der Waals surface area contributed by atoms with Crippen LogP contribution in [-0.2, 0) is 0 Å². The van der Waals surface area contributed by atoms with Gasteiger partial charge in [0.2, 0.25) is 5.92 Å². The molecule has 0 aromatic carbocycles. The topological polar surface area (TPSA) is 0 Å². The van der Waals surface area contributed by atoms with Crippen LogP contribution < -0.4 is 0 Å². The smallest absolute Gasteiger partial charge is 0.207 e. The molecule has 1 heterocycles. The van der Waals surface area contributed by atoms with Crippen LogP contribution in [0.5, 0.6) is 0 Å². The molecule has 0 radical (unpaired) electrons. The summed E-state index contributed by atoms with van der Waals surface area (Å²) in [5.74, 6) is -2.67. The molecule has 0 aliphatic carbocycles. The Balaban J connectivity index is 2.69. The molecular formula is C8H8BrClF2S. The molecule has 0 amide bonds. The maximum absolute atomic E-state index is 12.6. The van der Waals surface area contributed by atoms with Gasteiger partial charge in [-0.2, -0.15) is 0 Å². The highest BCUT2D eigenvalue weighted by Crippen LogP contribution is 2.40. The van der Waals surface area contributed by atoms with Gasteiger partial charge in [0.15, 0.2) is 0 Å². The summed E-state index contributed by atoms with van der Waals surface area (Å²) in [6.07, 6.45) is -0.229. The van der Waals surface area contributed by atoms with E-state index in [4.69, 9.17) is 11.6 Å². The fourth-order valence-electron chi connectivity index (χ4n) is 0.936. The van der Waals surface area contributed by atoms with Crippen molar-refractivity contribution in [3.05, 3.63) is 21.3 Å². The minimum absolute atomic E-state index is 0.229. The Morgan fingerprint density at radius 2 is 2.31 bits per heavy atom. The van der Waals surface area contributed by atoms with Crippen LogP contribution in [0, 0.1) is 0 Å². The Labute approximate surface area is 93.0 Å². The first-order valence-corrected chi connectivity index (χ1v) is 5.82. The molecule has 0 spiro atoms. The summed E-state index contributed by atoms with van der Waals surface area (Å²) in [4.78, 5) is 0.406. The number of hydrogen-bond donors (Lipinski definition) is 0. The lowest BCUT2D eigenvalue weighted by Gasteiger charge is -2.14. The fraction of sp³-hybridized carbons (Fsp3) is 0.500. The van der Waals surface area contributed by atoms with Crippen molar-refractivity contribution in [2.75, 3.05) is 0 Å². The van der Waals surface area contributed by atoms with Gasteiger partial charge in [-0.15, -0.1) is 11.3 Å². The van der Waals surface area contributed by atoms with E-state index < -0.39 is 5.92 Å². The summed E-state index contributed by atoms with van der Waals surface area (Å²) < 4.78 is 25.3. The maximum atomic E-state index is 12.6. The van der Waals surface area contributed by atoms with E-state index in [1.54, 1.807) is 11.4 Å². The molecular weight excluding hydrogens is 282 g/mol. The average molecular weight is 290 g/mol. The standard InChI is InChI=1S/C8H8BrClF2S/c1-8(11,12)4-5(9)7-6(10)2-3-13-7/h2-3,5H,4H2,1H3. The molecule has 0 aliphatic rings. The van der Waals surface area contributed by atoms with Gasteiger partial charge < -0.3 is 0 Å². The second kappa shape index (κ2) is 4.24. The van der Waals surface area contributed by atoms with Crippen LogP contribution in [0.25, 0.3) is 0 Å². The molecule has 13 heavy (non-hydrogen) atoms. The van der Waals surface area contributed by atoms with Crippen molar-refractivity contribution in [3.8, 4) is 0 Å². The minimum Gasteiger partial charge on any atom is -0.207 e. The van der Waals surface area contributed by atoms with Gasteiger partial charge in [-0.05, 0) is 18.4 Å². The van der Waals surface area contributed by atoms with Crippen LogP contribution >= 0.6 is 38.9 Å². The highest BCUT2D eigenvalue weighted by molar-refractivity contribution is 9.09. The van der Waals surface area contributed by atoms with Crippen LogP contribution in [0.1, 0.15) is 23.0 Å². The molecule has 0 fully saturated rings. The molecule has 1 atom stereocenters. The van der Waals surface area contributed by atoms with E-state index in [1.807, 2.05) is 0 Å². The van der Waals surface area contributed by atoms with E-state index in [9.17, 15) is 8.78 Å². The Morgan fingerprint density at radius 3 is 2.69 bits per heavy atom. The third-order valence-corrected chi connectivity index (χ3v) is 4.02. The molecule has 0 aliphatic heterocycles. The van der Waals surface area contributed by atoms with Crippen molar-refractivity contribution < 1.29 is 8.78 Å². The molecule has 1 rings (SSSR count). The van der Waals surface area contributed by atoms with Crippen LogP contribution in [0.4, 0.5) is 8.78 Å². The highest BCUT2D eigenvalue weighted by atomic mass is 79.9. The van der Waals surface area contributed by atoms with Crippen LogP contribution in [0.3, 0.4) is 0 Å². The Bertz CT molecular complexity index is 282. The predicted octanol–water partition coefficient (Wildman–Crippen LogP) is 4.88. The van der Waals surface area contributed by atoms with Gasteiger partial charge in [-0.1, -0.05) is 27.5 Å². The monoisotopic (exact) mass is 288 g/mol. The Kier molecular flexibility index (Phi) is 3.72. The van der Waals surface area contributed by atoms with Gasteiger partial charge in [0.05, 0.1) is 9.85 Å². The van der Waals surface area contributed by atoms with Gasteiger partial charge in [-0.3, -0.25) is 0 Å². The number of hydrogen-bond acceptors (Lipinski definition) is 1. The van der Waals surface area contributed by atoms with Crippen molar-refractivity contribution in [2.45, 2.75) is 24.1 Å². The summed E-state index contributed by atoms with van der Waals surface area (Å²) in [5.41, 5.74) is 0. The summed E-state index contributed by atoms with van der Waals surface area (Å²) >= 11 is 10.4. The highest BCUT2D eigenvalue weighted by Gasteiger charge is 2.27. The van der Waals surface area contributed by atoms with Crippen molar-refractivity contribution in [2.24, 2.45) is 0 Å². The third kappa shape index (κ3) is 3.52. The first-order valence-electron chi connectivity index (χ1n) is 3.65. The second-order valence-electron chi connectivity index (χ2n) is 2.87. The zero-order valence-electron chi connectivity index (χ0n) is 6.86. The lowest BCUT2D eigenvalue weighted by molar-refractivity contribution is 0.0132. The first kappa shape index (κ1) is 11.4. The summed E-state index contributed by atoms with van der Waals surface area (Å²) in [6, 6.07) is 1.71. The molecule has 1 unspecified atom stereocenters. The second-order valence-corrected chi connectivity index (χ2v) is 5.33. The zero-order chi connectivity index (χ0) is 10.1. The van der Waals surface area contributed by atoms with E-state index in [-0.39, 0.29) is 11.2 Å². The normalized spacial score (nSPS) is 14.5. The molecule has 0 bridgehead atoms. The van der Waals surface area contributed by atoms with Gasteiger partial charge in [0.1, 0.15) is 0 Å². The van der Waals surface area contributed by atoms with Crippen molar-refractivity contribution >= 4 is 38.9 Å². The maximum Gasteiger partial charge on any atom is 0.246 e. The van der Waals surface area contributed by atoms with Crippen molar-refractivity contribution in [1.82, 2.24) is 0 Å². The molecule has 0 saturated heterocycles. The zero-order valence-corrected chi connectivity index (χ0v) is 10.0. The van der Waals surface area contributed by atoms with E-state index in [2.05, 4.69) is 15.9 Å². The third-order valence-electron chi connectivity index (χ3n) is 1.47. The van der Waals surface area contributed by atoms with Crippen molar-refractivity contribution in [3.63, 3.8) is 0 Å². The number of alkyl halides is 3. The van der Waals surface area contributed by atoms with Crippen LogP contribution in [0.15, 0.2) is 11.4 Å². The molecule has 0 nitrogen and oxygen atoms in total. The van der Waals surface area contributed by atoms with Crippen LogP contribution in [-0.4, -0.2) is 5.92 Å². The van der Waals surface area contributed by atoms with E-state index >= 15 is 0 Å². The van der Waals surface area contributed by atoms with Gasteiger partial charge in [-0.25, -0.2) is 8.78 Å². The lowest BCUT2D eigenvalue weighted by atomic mass is 10.2. The summed E-state index contributed by atoms with van der Waals surface area (Å²) in [7, 11) is 0. The molecule has 0 saturated carbocycles. The van der Waals surface area contributed by atoms with E-state index in [1.165, 1.54) is 11.3 Å². The molecule has 5 heteroatoms. The quantitative estimate of drug-likeness (QED) is 0.696. The molecule has 74 valence electrons. The minimum atomic E-state index is -2.67. The lowest BCUT2D eigenvalue weighted by Crippen LogP contribution is -2.11. The molecule has 1 aromatic heterocycles. The summed E-state index contributed by atoms with van der Waals surface area (Å²) in [6.45, 7) is 0.906. The van der Waals surface area contributed by atoms with Crippen molar-refractivity contribution in [1.29, 1.82) is 0 Å². The SMILES string of the molecule is CC(F)(F)CC(Br)c1sccc1Cl. The Morgan fingerprint density at radius 1 is 1.69 bits per heavy atom. The van der Waals surface area contributed by atoms with E-state index in [0.717, 1.165) is 11.8 Å². The van der Waals surface area contributed by atoms with E-state index in [0.29, 0.717) is 5.02 Å². The fourth-order valence-corrected chi connectivity index (χ4v) is 3.37. The first-order chi connectivity index (χ1) is 5.90. The van der Waals surface area contributed by atoms with Gasteiger partial charge in [0.25, 0.3) is 0 Å². The number of halogens is 4. The van der Waals surface area contributed by atoms with Crippen LogP contribution in [0.2, 0.25) is 5.02 Å². The summed E-state index contributed by atoms with van der Waals surface area (Å²) in [5, 5.41) is 2.34. The predicted molar refractivity (Wildman–Crippen MR) is 56.2 cm³/mol. The molecule has 0 N–H and O–H groups in total. The Hall–Kier alpha value is 0.330. The number of rotatable bonds is 3. The number of thiophene rings is 1.